The lowest BCUT2D eigenvalue weighted by molar-refractivity contribution is -0.144. The predicted octanol–water partition coefficient (Wildman–Crippen LogP) is 5.44. The summed E-state index contributed by atoms with van der Waals surface area (Å²) in [7, 11) is 0. The quantitative estimate of drug-likeness (QED) is 0.601. The molecule has 0 aliphatic carbocycles. The molecule has 0 radical (unpaired) electrons. The first kappa shape index (κ1) is 23.4. The van der Waals surface area contributed by atoms with E-state index in [1.165, 1.54) is 0 Å². The third-order valence-corrected chi connectivity index (χ3v) is 7.42. The van der Waals surface area contributed by atoms with Gasteiger partial charge in [0.1, 0.15) is 17.9 Å². The molecule has 5 nitrogen and oxygen atoms in total. The topological polar surface area (TPSA) is 53.0 Å². The fourth-order valence-electron chi connectivity index (χ4n) is 4.87. The van der Waals surface area contributed by atoms with Crippen molar-refractivity contribution < 1.29 is 14.6 Å². The molecule has 32 heavy (non-hydrogen) atoms. The second-order valence-corrected chi connectivity index (χ2v) is 9.66. The van der Waals surface area contributed by atoms with Crippen LogP contribution in [0.1, 0.15) is 42.9 Å². The zero-order chi connectivity index (χ0) is 22.7. The first-order valence-electron chi connectivity index (χ1n) is 11.3. The average molecular weight is 477 g/mol. The SMILES string of the molecule is Cc1ccc(C(C(=O)O)N2CCC(N3CCC(Oc4ccc(Cl)c(Cl)c4)CC3)CC2)cc1. The van der Waals surface area contributed by atoms with Crippen LogP contribution in [0.4, 0.5) is 0 Å². The van der Waals surface area contributed by atoms with Gasteiger partial charge in [0.15, 0.2) is 0 Å². The monoisotopic (exact) mass is 476 g/mol. The Kier molecular flexibility index (Phi) is 7.62. The second-order valence-electron chi connectivity index (χ2n) is 8.85. The fourth-order valence-corrected chi connectivity index (χ4v) is 5.16. The molecular formula is C25H30Cl2N2O3. The molecular weight excluding hydrogens is 447 g/mol. The van der Waals surface area contributed by atoms with Gasteiger partial charge in [0.25, 0.3) is 0 Å². The minimum Gasteiger partial charge on any atom is -0.490 e. The van der Waals surface area contributed by atoms with Crippen LogP contribution >= 0.6 is 23.2 Å². The predicted molar refractivity (Wildman–Crippen MR) is 128 cm³/mol. The fraction of sp³-hybridized carbons (Fsp3) is 0.480. The van der Waals surface area contributed by atoms with Crippen molar-refractivity contribution in [3.8, 4) is 5.75 Å². The van der Waals surface area contributed by atoms with Gasteiger partial charge in [-0.15, -0.1) is 0 Å². The number of piperidine rings is 2. The standard InChI is InChI=1S/C25H30Cl2N2O3/c1-17-2-4-18(5-3-17)24(25(30)31)29-12-8-19(9-13-29)28-14-10-20(11-15-28)32-21-6-7-22(26)23(27)16-21/h2-7,16,19-20,24H,8-15H2,1H3,(H,30,31). The Bertz CT molecular complexity index is 921. The van der Waals surface area contributed by atoms with E-state index in [0.29, 0.717) is 16.1 Å². The van der Waals surface area contributed by atoms with Crippen LogP contribution in [-0.4, -0.2) is 59.2 Å². The van der Waals surface area contributed by atoms with Gasteiger partial charge in [0.05, 0.1) is 10.0 Å². The molecule has 0 amide bonds. The lowest BCUT2D eigenvalue weighted by Gasteiger charge is -2.43. The van der Waals surface area contributed by atoms with Crippen molar-refractivity contribution >= 4 is 29.2 Å². The lowest BCUT2D eigenvalue weighted by Crippen LogP contribution is -2.50. The third-order valence-electron chi connectivity index (χ3n) is 6.68. The molecule has 2 fully saturated rings. The maximum atomic E-state index is 12.0. The number of aryl methyl sites for hydroxylation is 1. The lowest BCUT2D eigenvalue weighted by atomic mass is 9.96. The molecule has 1 unspecified atom stereocenters. The number of carboxylic acid groups (broad SMARTS) is 1. The smallest absolute Gasteiger partial charge is 0.325 e. The van der Waals surface area contributed by atoms with E-state index >= 15 is 0 Å². The summed E-state index contributed by atoms with van der Waals surface area (Å²) in [5.74, 6) is -0.00505. The van der Waals surface area contributed by atoms with Gasteiger partial charge in [-0.05, 0) is 50.3 Å². The van der Waals surface area contributed by atoms with Crippen LogP contribution in [0.3, 0.4) is 0 Å². The van der Waals surface area contributed by atoms with E-state index in [-0.39, 0.29) is 6.10 Å². The summed E-state index contributed by atoms with van der Waals surface area (Å²) < 4.78 is 6.12. The number of aliphatic carboxylic acids is 1. The van der Waals surface area contributed by atoms with Crippen LogP contribution in [0.5, 0.6) is 5.75 Å². The maximum absolute atomic E-state index is 12.0. The van der Waals surface area contributed by atoms with Crippen LogP contribution < -0.4 is 4.74 Å². The van der Waals surface area contributed by atoms with Gasteiger partial charge in [0.2, 0.25) is 0 Å². The highest BCUT2D eigenvalue weighted by atomic mass is 35.5. The van der Waals surface area contributed by atoms with Crippen molar-refractivity contribution in [1.29, 1.82) is 0 Å². The molecule has 2 aromatic carbocycles. The highest BCUT2D eigenvalue weighted by molar-refractivity contribution is 6.42. The second kappa shape index (κ2) is 10.4. The summed E-state index contributed by atoms with van der Waals surface area (Å²) in [6.45, 7) is 5.61. The van der Waals surface area contributed by atoms with E-state index in [1.807, 2.05) is 37.3 Å². The number of hydrogen-bond donors (Lipinski definition) is 1. The molecule has 1 atom stereocenters. The number of hydrogen-bond acceptors (Lipinski definition) is 4. The van der Waals surface area contributed by atoms with Crippen molar-refractivity contribution in [1.82, 2.24) is 9.80 Å². The number of likely N-dealkylation sites (tertiary alicyclic amines) is 2. The molecule has 172 valence electrons. The van der Waals surface area contributed by atoms with Crippen molar-refractivity contribution in [3.63, 3.8) is 0 Å². The van der Waals surface area contributed by atoms with Crippen molar-refractivity contribution in [2.45, 2.75) is 50.8 Å². The molecule has 0 saturated carbocycles. The summed E-state index contributed by atoms with van der Waals surface area (Å²) in [5.41, 5.74) is 2.00. The molecule has 2 aliphatic rings. The van der Waals surface area contributed by atoms with Crippen molar-refractivity contribution in [2.75, 3.05) is 26.2 Å². The molecule has 2 saturated heterocycles. The molecule has 1 N–H and O–H groups in total. The van der Waals surface area contributed by atoms with E-state index in [9.17, 15) is 9.90 Å². The number of nitrogens with zero attached hydrogens (tertiary/aromatic N) is 2. The number of carbonyl (C=O) groups is 1. The Balaban J connectivity index is 1.28. The number of benzene rings is 2. The molecule has 7 heteroatoms. The minimum absolute atomic E-state index is 0.182. The van der Waals surface area contributed by atoms with E-state index in [2.05, 4.69) is 9.80 Å². The van der Waals surface area contributed by atoms with Gasteiger partial charge in [0, 0.05) is 38.3 Å². The van der Waals surface area contributed by atoms with Gasteiger partial charge in [-0.1, -0.05) is 53.0 Å². The normalized spacial score (nSPS) is 20.2. The van der Waals surface area contributed by atoms with Crippen LogP contribution in [-0.2, 0) is 4.79 Å². The highest BCUT2D eigenvalue weighted by Crippen LogP contribution is 2.30. The van der Waals surface area contributed by atoms with Crippen LogP contribution in [0.2, 0.25) is 10.0 Å². The Morgan fingerprint density at radius 1 is 0.969 bits per heavy atom. The van der Waals surface area contributed by atoms with E-state index < -0.39 is 12.0 Å². The average Bonchev–Trinajstić information content (AvgIpc) is 2.79. The number of ether oxygens (including phenoxy) is 1. The van der Waals surface area contributed by atoms with Gasteiger partial charge in [-0.2, -0.15) is 0 Å². The molecule has 0 aromatic heterocycles. The van der Waals surface area contributed by atoms with Crippen LogP contribution in [0.15, 0.2) is 42.5 Å². The zero-order valence-electron chi connectivity index (χ0n) is 18.3. The number of rotatable bonds is 6. The minimum atomic E-state index is -0.771. The van der Waals surface area contributed by atoms with Gasteiger partial charge in [-0.3, -0.25) is 9.69 Å². The maximum Gasteiger partial charge on any atom is 0.325 e. The third kappa shape index (κ3) is 5.57. The van der Waals surface area contributed by atoms with Crippen molar-refractivity contribution in [3.05, 3.63) is 63.6 Å². The number of halogens is 2. The number of carboxylic acids is 1. The molecule has 2 aliphatic heterocycles. The first-order valence-corrected chi connectivity index (χ1v) is 12.1. The van der Waals surface area contributed by atoms with Crippen LogP contribution in [0.25, 0.3) is 0 Å². The Morgan fingerprint density at radius 2 is 1.62 bits per heavy atom. The highest BCUT2D eigenvalue weighted by Gasteiger charge is 2.34. The molecule has 2 aromatic rings. The van der Waals surface area contributed by atoms with Gasteiger partial charge < -0.3 is 14.7 Å². The largest absolute Gasteiger partial charge is 0.490 e. The molecule has 0 spiro atoms. The van der Waals surface area contributed by atoms with Crippen molar-refractivity contribution in [2.24, 2.45) is 0 Å². The summed E-state index contributed by atoms with van der Waals surface area (Å²) in [5, 5.41) is 10.9. The van der Waals surface area contributed by atoms with E-state index in [1.54, 1.807) is 12.1 Å². The van der Waals surface area contributed by atoms with E-state index in [4.69, 9.17) is 27.9 Å². The summed E-state index contributed by atoms with van der Waals surface area (Å²) in [6, 6.07) is 13.2. The summed E-state index contributed by atoms with van der Waals surface area (Å²) in [4.78, 5) is 16.7. The molecule has 4 rings (SSSR count). The summed E-state index contributed by atoms with van der Waals surface area (Å²) in [6.07, 6.45) is 4.12. The van der Waals surface area contributed by atoms with Crippen LogP contribution in [0, 0.1) is 6.92 Å². The molecule has 0 bridgehead atoms. The molecule has 2 heterocycles. The van der Waals surface area contributed by atoms with Gasteiger partial charge >= 0.3 is 5.97 Å². The van der Waals surface area contributed by atoms with Gasteiger partial charge in [-0.25, -0.2) is 0 Å². The van der Waals surface area contributed by atoms with E-state index in [0.717, 1.165) is 68.7 Å². The summed E-state index contributed by atoms with van der Waals surface area (Å²) >= 11 is 12.1. The Morgan fingerprint density at radius 3 is 2.22 bits per heavy atom. The zero-order valence-corrected chi connectivity index (χ0v) is 19.9. The Labute approximate surface area is 199 Å². The first-order chi connectivity index (χ1) is 15.4. The Hall–Kier alpha value is -1.79.